The molecule has 1 atom stereocenters. The Bertz CT molecular complexity index is 97.0. The Morgan fingerprint density at radius 3 is 2.56 bits per heavy atom. The van der Waals surface area contributed by atoms with Gasteiger partial charge in [-0.2, -0.15) is 0 Å². The zero-order valence-corrected chi connectivity index (χ0v) is 6.71. The number of carbonyl (C=O) groups is 1. The van der Waals surface area contributed by atoms with Gasteiger partial charge in [-0.05, 0) is 13.2 Å². The Kier molecular flexibility index (Phi) is 4.30. The summed E-state index contributed by atoms with van der Waals surface area (Å²) in [6.07, 6.45) is 1.95. The van der Waals surface area contributed by atoms with Gasteiger partial charge in [-0.25, -0.2) is 4.79 Å². The summed E-state index contributed by atoms with van der Waals surface area (Å²) in [6, 6.07) is -0.128. The van der Waals surface area contributed by atoms with Crippen LogP contribution >= 0.6 is 11.8 Å². The van der Waals surface area contributed by atoms with Crippen LogP contribution < -0.4 is 10.6 Å². The molecule has 0 rings (SSSR count). The maximum atomic E-state index is 10.5. The van der Waals surface area contributed by atoms with Gasteiger partial charge in [-0.1, -0.05) is 0 Å². The van der Waals surface area contributed by atoms with E-state index in [1.54, 1.807) is 18.8 Å². The molecule has 2 N–H and O–H groups in total. The van der Waals surface area contributed by atoms with Gasteiger partial charge in [0.15, 0.2) is 0 Å². The first kappa shape index (κ1) is 8.62. The Labute approximate surface area is 59.6 Å². The van der Waals surface area contributed by atoms with Gasteiger partial charge in [-0.15, -0.1) is 11.8 Å². The van der Waals surface area contributed by atoms with Crippen molar-refractivity contribution in [2.45, 2.75) is 12.3 Å². The van der Waals surface area contributed by atoms with Crippen molar-refractivity contribution in [3.63, 3.8) is 0 Å². The molecule has 9 heavy (non-hydrogen) atoms. The van der Waals surface area contributed by atoms with Gasteiger partial charge in [-0.3, -0.25) is 0 Å². The van der Waals surface area contributed by atoms with Crippen molar-refractivity contribution in [2.75, 3.05) is 13.3 Å². The van der Waals surface area contributed by atoms with E-state index in [9.17, 15) is 4.79 Å². The van der Waals surface area contributed by atoms with E-state index >= 15 is 0 Å². The van der Waals surface area contributed by atoms with Crippen LogP contribution in [-0.4, -0.2) is 24.7 Å². The van der Waals surface area contributed by atoms with Crippen LogP contribution in [0.3, 0.4) is 0 Å². The van der Waals surface area contributed by atoms with Gasteiger partial charge in [0.1, 0.15) is 0 Å². The van der Waals surface area contributed by atoms with Crippen molar-refractivity contribution in [3.05, 3.63) is 0 Å². The molecule has 0 fully saturated rings. The molecule has 0 aliphatic heterocycles. The fraction of sp³-hybridized carbons (Fsp3) is 0.800. The molecule has 0 heterocycles. The highest BCUT2D eigenvalue weighted by molar-refractivity contribution is 7.99. The second kappa shape index (κ2) is 4.49. The number of hydrogen-bond acceptors (Lipinski definition) is 2. The first-order valence-corrected chi connectivity index (χ1v) is 4.00. The van der Waals surface area contributed by atoms with Crippen LogP contribution in [0.5, 0.6) is 0 Å². The largest absolute Gasteiger partial charge is 0.341 e. The third-order valence-electron chi connectivity index (χ3n) is 0.915. The number of thioether (sulfide) groups is 1. The number of amides is 2. The zero-order valence-electron chi connectivity index (χ0n) is 5.89. The molecule has 0 saturated carbocycles. The lowest BCUT2D eigenvalue weighted by molar-refractivity contribution is 0.242. The molecule has 1 unspecified atom stereocenters. The minimum absolute atomic E-state index is 0.128. The van der Waals surface area contributed by atoms with E-state index < -0.39 is 0 Å². The van der Waals surface area contributed by atoms with Crippen LogP contribution in [0, 0.1) is 0 Å². The lowest BCUT2D eigenvalue weighted by atomic mass is 10.7. The number of nitrogens with one attached hydrogen (secondary N) is 2. The van der Waals surface area contributed by atoms with Crippen molar-refractivity contribution < 1.29 is 4.79 Å². The summed E-state index contributed by atoms with van der Waals surface area (Å²) in [5.41, 5.74) is 0. The molecule has 54 valence electrons. The average molecular weight is 148 g/mol. The Hall–Kier alpha value is -0.380. The normalized spacial score (nSPS) is 12.3. The molecule has 0 radical (unpaired) electrons. The number of carbonyl (C=O) groups excluding carboxylic acids is 1. The Morgan fingerprint density at radius 1 is 1.67 bits per heavy atom. The minimum Gasteiger partial charge on any atom is -0.341 e. The van der Waals surface area contributed by atoms with Gasteiger partial charge in [0.05, 0.1) is 5.37 Å². The monoisotopic (exact) mass is 148 g/mol. The summed E-state index contributed by atoms with van der Waals surface area (Å²) in [5, 5.41) is 5.34. The second-order valence-electron chi connectivity index (χ2n) is 1.60. The lowest BCUT2D eigenvalue weighted by Gasteiger charge is -2.08. The molecule has 0 bridgehead atoms. The van der Waals surface area contributed by atoms with Crippen molar-refractivity contribution in [3.8, 4) is 0 Å². The van der Waals surface area contributed by atoms with Crippen molar-refractivity contribution in [2.24, 2.45) is 0 Å². The average Bonchev–Trinajstić information content (AvgIpc) is 1.87. The highest BCUT2D eigenvalue weighted by atomic mass is 32.2. The molecule has 0 aliphatic carbocycles. The molecular formula is C5H12N2OS. The van der Waals surface area contributed by atoms with Crippen LogP contribution in [0.1, 0.15) is 6.92 Å². The molecule has 0 aromatic carbocycles. The molecule has 3 nitrogen and oxygen atoms in total. The third kappa shape index (κ3) is 4.14. The Morgan fingerprint density at radius 2 is 2.22 bits per heavy atom. The molecule has 0 aromatic rings. The predicted octanol–water partition coefficient (Wildman–Crippen LogP) is 0.624. The van der Waals surface area contributed by atoms with Crippen LogP contribution in [0.15, 0.2) is 0 Å². The molecular weight excluding hydrogens is 136 g/mol. The number of urea groups is 1. The highest BCUT2D eigenvalue weighted by Gasteiger charge is 2.00. The molecule has 2 amide bonds. The number of hydrogen-bond donors (Lipinski definition) is 2. The maximum absolute atomic E-state index is 10.5. The van der Waals surface area contributed by atoms with E-state index in [4.69, 9.17) is 0 Å². The quantitative estimate of drug-likeness (QED) is 0.564. The van der Waals surface area contributed by atoms with E-state index in [2.05, 4.69) is 10.6 Å². The first-order chi connectivity index (χ1) is 4.20. The fourth-order valence-electron chi connectivity index (χ4n) is 0.316. The predicted molar refractivity (Wildman–Crippen MR) is 40.6 cm³/mol. The fourth-order valence-corrected chi connectivity index (χ4v) is 0.541. The minimum atomic E-state index is -0.128. The van der Waals surface area contributed by atoms with Gasteiger partial charge >= 0.3 is 6.03 Å². The summed E-state index contributed by atoms with van der Waals surface area (Å²) < 4.78 is 0. The smallest absolute Gasteiger partial charge is 0.315 e. The number of rotatable bonds is 2. The van der Waals surface area contributed by atoms with E-state index in [0.717, 1.165) is 0 Å². The van der Waals surface area contributed by atoms with Crippen molar-refractivity contribution in [1.29, 1.82) is 0 Å². The molecule has 0 aromatic heterocycles. The van der Waals surface area contributed by atoms with E-state index in [-0.39, 0.29) is 11.4 Å². The van der Waals surface area contributed by atoms with Crippen LogP contribution in [-0.2, 0) is 0 Å². The van der Waals surface area contributed by atoms with Crippen LogP contribution in [0.25, 0.3) is 0 Å². The molecule has 0 saturated heterocycles. The zero-order chi connectivity index (χ0) is 7.28. The van der Waals surface area contributed by atoms with Crippen LogP contribution in [0.2, 0.25) is 0 Å². The molecule has 0 aliphatic rings. The summed E-state index contributed by atoms with van der Waals surface area (Å²) in [4.78, 5) is 10.5. The first-order valence-electron chi connectivity index (χ1n) is 2.71. The standard InChI is InChI=1S/C5H12N2OS/c1-4(9-3)7-5(8)6-2/h4H,1-3H3,(H2,6,7,8). The summed E-state index contributed by atoms with van der Waals surface area (Å²) >= 11 is 1.60. The summed E-state index contributed by atoms with van der Waals surface area (Å²) in [7, 11) is 1.60. The van der Waals surface area contributed by atoms with Crippen LogP contribution in [0.4, 0.5) is 4.79 Å². The van der Waals surface area contributed by atoms with E-state index in [1.807, 2.05) is 13.2 Å². The topological polar surface area (TPSA) is 41.1 Å². The van der Waals surface area contributed by atoms with Gasteiger partial charge in [0.25, 0.3) is 0 Å². The molecule has 4 heteroatoms. The molecule has 0 spiro atoms. The third-order valence-corrected chi connectivity index (χ3v) is 1.74. The van der Waals surface area contributed by atoms with E-state index in [0.29, 0.717) is 0 Å². The Balaban J connectivity index is 3.34. The van der Waals surface area contributed by atoms with Gasteiger partial charge in [0.2, 0.25) is 0 Å². The summed E-state index contributed by atoms with van der Waals surface area (Å²) in [5.74, 6) is 0. The van der Waals surface area contributed by atoms with Gasteiger partial charge in [0, 0.05) is 7.05 Å². The van der Waals surface area contributed by atoms with E-state index in [1.165, 1.54) is 0 Å². The lowest BCUT2D eigenvalue weighted by Crippen LogP contribution is -2.37. The van der Waals surface area contributed by atoms with Crippen molar-refractivity contribution in [1.82, 2.24) is 10.6 Å². The maximum Gasteiger partial charge on any atom is 0.315 e. The highest BCUT2D eigenvalue weighted by Crippen LogP contribution is 1.98. The summed E-state index contributed by atoms with van der Waals surface area (Å²) in [6.45, 7) is 1.93. The van der Waals surface area contributed by atoms with Gasteiger partial charge < -0.3 is 10.6 Å². The van der Waals surface area contributed by atoms with Crippen molar-refractivity contribution >= 4 is 17.8 Å². The SMILES string of the molecule is CNC(=O)NC(C)SC. The second-order valence-corrected chi connectivity index (χ2v) is 2.78.